The van der Waals surface area contributed by atoms with Crippen molar-refractivity contribution in [3.63, 3.8) is 0 Å². The van der Waals surface area contributed by atoms with Crippen LogP contribution in [-0.2, 0) is 6.54 Å². The highest BCUT2D eigenvalue weighted by molar-refractivity contribution is 7.11. The van der Waals surface area contributed by atoms with Crippen LogP contribution in [0.25, 0.3) is 0 Å². The third-order valence-corrected chi connectivity index (χ3v) is 3.08. The summed E-state index contributed by atoms with van der Waals surface area (Å²) in [5, 5.41) is 3.76. The Balaban J connectivity index is 2.10. The van der Waals surface area contributed by atoms with Crippen molar-refractivity contribution in [3.05, 3.63) is 35.6 Å². The number of ether oxygens (including phenoxy) is 1. The zero-order chi connectivity index (χ0) is 12.3. The Morgan fingerprint density at radius 2 is 2.24 bits per heavy atom. The Labute approximate surface area is 102 Å². The van der Waals surface area contributed by atoms with Crippen LogP contribution in [0, 0.1) is 5.82 Å². The van der Waals surface area contributed by atoms with E-state index in [1.54, 1.807) is 18.2 Å². The van der Waals surface area contributed by atoms with Crippen molar-refractivity contribution < 1.29 is 9.13 Å². The van der Waals surface area contributed by atoms with E-state index in [9.17, 15) is 4.39 Å². The molecule has 0 amide bonds. The van der Waals surface area contributed by atoms with E-state index in [1.807, 2.05) is 0 Å². The van der Waals surface area contributed by atoms with Crippen LogP contribution in [0.5, 0.6) is 5.75 Å². The highest BCUT2D eigenvalue weighted by Crippen LogP contribution is 2.34. The monoisotopic (exact) mass is 253 g/mol. The number of aromatic nitrogens is 1. The van der Waals surface area contributed by atoms with Gasteiger partial charge in [-0.1, -0.05) is 18.2 Å². The Kier molecular flexibility index (Phi) is 3.43. The first-order chi connectivity index (χ1) is 8.22. The van der Waals surface area contributed by atoms with E-state index in [1.165, 1.54) is 24.7 Å². The average Bonchev–Trinajstić information content (AvgIpc) is 2.69. The van der Waals surface area contributed by atoms with Gasteiger partial charge in [0.15, 0.2) is 16.6 Å². The molecule has 0 radical (unpaired) electrons. The lowest BCUT2D eigenvalue weighted by Gasteiger charge is -2.06. The fraction of sp³-hybridized carbons (Fsp3) is 0.182. The van der Waals surface area contributed by atoms with Crippen LogP contribution < -0.4 is 15.8 Å². The highest BCUT2D eigenvalue weighted by Gasteiger charge is 2.11. The molecule has 6 heteroatoms. The summed E-state index contributed by atoms with van der Waals surface area (Å²) >= 11 is 1.19. The zero-order valence-electron chi connectivity index (χ0n) is 9.24. The number of halogens is 1. The molecule has 17 heavy (non-hydrogen) atoms. The number of benzene rings is 1. The first-order valence-corrected chi connectivity index (χ1v) is 5.76. The molecule has 0 spiro atoms. The largest absolute Gasteiger partial charge is 0.490 e. The average molecular weight is 253 g/mol. The molecule has 1 aromatic heterocycles. The summed E-state index contributed by atoms with van der Waals surface area (Å²) in [6, 6.07) is 6.59. The molecule has 0 fully saturated rings. The highest BCUT2D eigenvalue weighted by atomic mass is 32.1. The minimum Gasteiger partial charge on any atom is -0.490 e. The van der Waals surface area contributed by atoms with Crippen LogP contribution in [0.2, 0.25) is 0 Å². The molecule has 4 nitrogen and oxygen atoms in total. The fourth-order valence-corrected chi connectivity index (χ4v) is 2.10. The Morgan fingerprint density at radius 3 is 2.94 bits per heavy atom. The maximum Gasteiger partial charge on any atom is 0.197 e. The van der Waals surface area contributed by atoms with E-state index >= 15 is 0 Å². The predicted octanol–water partition coefficient (Wildman–Crippen LogP) is 2.49. The number of nitrogens with zero attached hydrogens (tertiary/aromatic N) is 1. The molecule has 0 unspecified atom stereocenters. The number of nitrogens with two attached hydrogens (primary N) is 1. The third-order valence-electron chi connectivity index (χ3n) is 2.28. The van der Waals surface area contributed by atoms with Crippen LogP contribution in [0.1, 0.15) is 5.56 Å². The molecule has 0 saturated carbocycles. The van der Waals surface area contributed by atoms with Crippen LogP contribution in [0.15, 0.2) is 24.3 Å². The Morgan fingerprint density at radius 1 is 1.47 bits per heavy atom. The minimum atomic E-state index is -0.239. The van der Waals surface area contributed by atoms with Crippen LogP contribution in [-0.4, -0.2) is 11.5 Å². The van der Waals surface area contributed by atoms with Crippen molar-refractivity contribution in [2.24, 2.45) is 0 Å². The van der Waals surface area contributed by atoms with Crippen LogP contribution in [0.3, 0.4) is 0 Å². The molecule has 90 valence electrons. The molecular weight excluding hydrogens is 241 g/mol. The molecule has 0 aliphatic heterocycles. The third kappa shape index (κ3) is 2.47. The van der Waals surface area contributed by atoms with Gasteiger partial charge in [-0.2, -0.15) is 4.37 Å². The van der Waals surface area contributed by atoms with Crippen molar-refractivity contribution in [2.75, 3.05) is 18.2 Å². The van der Waals surface area contributed by atoms with Crippen molar-refractivity contribution in [3.8, 4) is 5.75 Å². The van der Waals surface area contributed by atoms with E-state index in [4.69, 9.17) is 10.5 Å². The lowest BCUT2D eigenvalue weighted by atomic mass is 10.2. The summed E-state index contributed by atoms with van der Waals surface area (Å²) in [4.78, 5) is 0. The smallest absolute Gasteiger partial charge is 0.197 e. The number of nitrogen functional groups attached to an aromatic ring is 1. The van der Waals surface area contributed by atoms with Crippen molar-refractivity contribution in [1.29, 1.82) is 0 Å². The van der Waals surface area contributed by atoms with Crippen molar-refractivity contribution in [1.82, 2.24) is 4.37 Å². The Bertz CT molecular complexity index is 515. The van der Waals surface area contributed by atoms with Crippen LogP contribution in [0.4, 0.5) is 15.2 Å². The number of hydrogen-bond donors (Lipinski definition) is 2. The van der Waals surface area contributed by atoms with E-state index in [0.29, 0.717) is 28.7 Å². The second kappa shape index (κ2) is 5.01. The summed E-state index contributed by atoms with van der Waals surface area (Å²) in [5.74, 6) is 0.608. The summed E-state index contributed by atoms with van der Waals surface area (Å²) in [6.45, 7) is 0.366. The molecule has 0 aliphatic carbocycles. The number of hydrogen-bond acceptors (Lipinski definition) is 5. The molecule has 1 heterocycles. The van der Waals surface area contributed by atoms with Gasteiger partial charge in [-0.15, -0.1) is 0 Å². The molecule has 1 aromatic carbocycles. The van der Waals surface area contributed by atoms with E-state index < -0.39 is 0 Å². The molecule has 2 aromatic rings. The van der Waals surface area contributed by atoms with Gasteiger partial charge in [0.2, 0.25) is 0 Å². The van der Waals surface area contributed by atoms with Gasteiger partial charge in [0.25, 0.3) is 0 Å². The van der Waals surface area contributed by atoms with E-state index in [2.05, 4.69) is 9.69 Å². The molecular formula is C11H12FN3OS. The normalized spacial score (nSPS) is 10.2. The molecule has 0 bridgehead atoms. The van der Waals surface area contributed by atoms with Gasteiger partial charge in [-0.05, 0) is 17.6 Å². The van der Waals surface area contributed by atoms with Gasteiger partial charge in [0, 0.05) is 12.1 Å². The van der Waals surface area contributed by atoms with Gasteiger partial charge in [0.1, 0.15) is 5.82 Å². The number of methoxy groups -OCH3 is 1. The van der Waals surface area contributed by atoms with Gasteiger partial charge < -0.3 is 15.8 Å². The van der Waals surface area contributed by atoms with E-state index in [-0.39, 0.29) is 5.82 Å². The second-order valence-electron chi connectivity index (χ2n) is 3.38. The standard InChI is InChI=1S/C11H12FN3OS/c1-16-9-10(13)15-17-11(9)14-6-7-4-2-3-5-8(7)12/h2-5,14H,6H2,1H3,(H2,13,15). The van der Waals surface area contributed by atoms with Gasteiger partial charge in [-0.3, -0.25) is 0 Å². The van der Waals surface area contributed by atoms with Gasteiger partial charge in [0.05, 0.1) is 7.11 Å². The van der Waals surface area contributed by atoms with Crippen molar-refractivity contribution in [2.45, 2.75) is 6.54 Å². The molecule has 2 rings (SSSR count). The first kappa shape index (κ1) is 11.7. The first-order valence-electron chi connectivity index (χ1n) is 4.98. The summed E-state index contributed by atoms with van der Waals surface area (Å²) in [5.41, 5.74) is 6.20. The maximum absolute atomic E-state index is 13.4. The molecule has 3 N–H and O–H groups in total. The maximum atomic E-state index is 13.4. The lowest BCUT2D eigenvalue weighted by molar-refractivity contribution is 0.419. The zero-order valence-corrected chi connectivity index (χ0v) is 10.1. The molecule has 0 saturated heterocycles. The number of rotatable bonds is 4. The second-order valence-corrected chi connectivity index (χ2v) is 4.15. The van der Waals surface area contributed by atoms with Gasteiger partial charge in [-0.25, -0.2) is 4.39 Å². The van der Waals surface area contributed by atoms with Crippen molar-refractivity contribution >= 4 is 22.4 Å². The number of nitrogens with one attached hydrogen (secondary N) is 1. The minimum absolute atomic E-state index is 0.239. The van der Waals surface area contributed by atoms with E-state index in [0.717, 1.165) is 0 Å². The Hall–Kier alpha value is -1.82. The quantitative estimate of drug-likeness (QED) is 0.878. The predicted molar refractivity (Wildman–Crippen MR) is 66.8 cm³/mol. The SMILES string of the molecule is COc1c(N)nsc1NCc1ccccc1F. The summed E-state index contributed by atoms with van der Waals surface area (Å²) in [7, 11) is 1.52. The summed E-state index contributed by atoms with van der Waals surface area (Å²) < 4.78 is 22.4. The fourth-order valence-electron chi connectivity index (χ4n) is 1.42. The number of anilines is 2. The topological polar surface area (TPSA) is 60.2 Å². The lowest BCUT2D eigenvalue weighted by Crippen LogP contribution is -2.01. The van der Waals surface area contributed by atoms with Crippen LogP contribution >= 0.6 is 11.5 Å². The molecule has 0 aliphatic rings. The molecule has 0 atom stereocenters. The summed E-state index contributed by atoms with van der Waals surface area (Å²) in [6.07, 6.45) is 0. The van der Waals surface area contributed by atoms with Gasteiger partial charge >= 0.3 is 0 Å².